The average molecular weight is 316 g/mol. The molecule has 0 radical (unpaired) electrons. The van der Waals surface area contributed by atoms with E-state index in [1.807, 2.05) is 36.1 Å². The second-order valence-electron chi connectivity index (χ2n) is 5.21. The molecule has 0 saturated carbocycles. The van der Waals surface area contributed by atoms with Gasteiger partial charge in [0.25, 0.3) is 0 Å². The molecule has 1 N–H and O–H groups in total. The number of halogens is 1. The van der Waals surface area contributed by atoms with Crippen molar-refractivity contribution in [3.63, 3.8) is 0 Å². The number of hydrogen-bond donors (Lipinski definition) is 1. The van der Waals surface area contributed by atoms with Gasteiger partial charge in [0.15, 0.2) is 0 Å². The highest BCUT2D eigenvalue weighted by molar-refractivity contribution is 5.92. The molecule has 0 bridgehead atoms. The Hall–Kier alpha value is -2.40. The van der Waals surface area contributed by atoms with Crippen LogP contribution < -0.4 is 10.1 Å². The Balaban J connectivity index is 1.93. The summed E-state index contributed by atoms with van der Waals surface area (Å²) in [5.74, 6) is 0.311. The summed E-state index contributed by atoms with van der Waals surface area (Å²) in [5.41, 5.74) is 1.54. The Morgan fingerprint density at radius 1 is 1.22 bits per heavy atom. The van der Waals surface area contributed by atoms with E-state index in [2.05, 4.69) is 5.32 Å². The van der Waals surface area contributed by atoms with Crippen LogP contribution in [0.15, 0.2) is 48.5 Å². The van der Waals surface area contributed by atoms with Crippen LogP contribution in [0.25, 0.3) is 0 Å². The van der Waals surface area contributed by atoms with E-state index in [1.54, 1.807) is 19.2 Å². The Bertz CT molecular complexity index is 661. The number of amides is 1. The summed E-state index contributed by atoms with van der Waals surface area (Å²) in [5, 5.41) is 2.84. The molecule has 1 amide bonds. The van der Waals surface area contributed by atoms with Gasteiger partial charge in [0.2, 0.25) is 5.91 Å². The molecule has 0 aliphatic rings. The van der Waals surface area contributed by atoms with Crippen LogP contribution in [-0.4, -0.2) is 31.0 Å². The lowest BCUT2D eigenvalue weighted by Gasteiger charge is -2.20. The molecule has 0 unspecified atom stereocenters. The minimum Gasteiger partial charge on any atom is -0.497 e. The van der Waals surface area contributed by atoms with E-state index >= 15 is 0 Å². The number of hydrogen-bond acceptors (Lipinski definition) is 3. The molecule has 0 spiro atoms. The average Bonchev–Trinajstić information content (AvgIpc) is 2.54. The van der Waals surface area contributed by atoms with Gasteiger partial charge in [-0.1, -0.05) is 25.1 Å². The van der Waals surface area contributed by atoms with Gasteiger partial charge < -0.3 is 10.1 Å². The normalized spacial score (nSPS) is 10.6. The fourth-order valence-electron chi connectivity index (χ4n) is 2.28. The van der Waals surface area contributed by atoms with Gasteiger partial charge in [0.1, 0.15) is 11.6 Å². The molecular formula is C18H21FN2O2. The zero-order chi connectivity index (χ0) is 16.7. The minimum absolute atomic E-state index is 0.114. The Morgan fingerprint density at radius 3 is 2.70 bits per heavy atom. The summed E-state index contributed by atoms with van der Waals surface area (Å²) in [4.78, 5) is 14.1. The molecule has 0 atom stereocenters. The lowest BCUT2D eigenvalue weighted by atomic mass is 10.2. The third-order valence-corrected chi connectivity index (χ3v) is 3.46. The number of carbonyl (C=O) groups is 1. The fourth-order valence-corrected chi connectivity index (χ4v) is 2.28. The van der Waals surface area contributed by atoms with Crippen molar-refractivity contribution >= 4 is 11.6 Å². The molecule has 0 aromatic heterocycles. The first-order valence-electron chi connectivity index (χ1n) is 7.51. The lowest BCUT2D eigenvalue weighted by molar-refractivity contribution is -0.117. The van der Waals surface area contributed by atoms with E-state index in [9.17, 15) is 9.18 Å². The van der Waals surface area contributed by atoms with Gasteiger partial charge in [-0.05, 0) is 36.4 Å². The van der Waals surface area contributed by atoms with Crippen LogP contribution >= 0.6 is 0 Å². The summed E-state index contributed by atoms with van der Waals surface area (Å²) < 4.78 is 18.4. The van der Waals surface area contributed by atoms with E-state index in [0.29, 0.717) is 24.5 Å². The number of carbonyl (C=O) groups excluding carboxylic acids is 1. The van der Waals surface area contributed by atoms with Crippen LogP contribution in [-0.2, 0) is 11.3 Å². The third kappa shape index (κ3) is 5.38. The van der Waals surface area contributed by atoms with Crippen molar-refractivity contribution in [3.8, 4) is 5.75 Å². The van der Waals surface area contributed by atoms with Gasteiger partial charge in [-0.15, -0.1) is 0 Å². The summed E-state index contributed by atoms with van der Waals surface area (Å²) in [7, 11) is 1.58. The van der Waals surface area contributed by atoms with Gasteiger partial charge >= 0.3 is 0 Å². The highest BCUT2D eigenvalue weighted by Gasteiger charge is 2.10. The molecule has 23 heavy (non-hydrogen) atoms. The van der Waals surface area contributed by atoms with Crippen molar-refractivity contribution in [3.05, 3.63) is 59.9 Å². The maximum atomic E-state index is 13.2. The number of anilines is 1. The lowest BCUT2D eigenvalue weighted by Crippen LogP contribution is -2.32. The fraction of sp³-hybridized carbons (Fsp3) is 0.278. The van der Waals surface area contributed by atoms with E-state index in [4.69, 9.17) is 4.74 Å². The number of ether oxygens (including phenoxy) is 1. The molecular weight excluding hydrogens is 295 g/mol. The first-order valence-corrected chi connectivity index (χ1v) is 7.51. The molecule has 0 aliphatic carbocycles. The molecule has 4 nitrogen and oxygen atoms in total. The van der Waals surface area contributed by atoms with Crippen LogP contribution in [0.1, 0.15) is 12.5 Å². The van der Waals surface area contributed by atoms with Crippen LogP contribution in [0.5, 0.6) is 5.75 Å². The molecule has 122 valence electrons. The number of methoxy groups -OCH3 is 1. The van der Waals surface area contributed by atoms with Gasteiger partial charge in [-0.2, -0.15) is 0 Å². The first kappa shape index (κ1) is 17.0. The molecule has 2 aromatic carbocycles. The topological polar surface area (TPSA) is 41.6 Å². The first-order chi connectivity index (χ1) is 11.1. The summed E-state index contributed by atoms with van der Waals surface area (Å²) >= 11 is 0. The summed E-state index contributed by atoms with van der Waals surface area (Å²) in [6.45, 7) is 3.43. The van der Waals surface area contributed by atoms with Crippen molar-refractivity contribution in [1.82, 2.24) is 4.90 Å². The van der Waals surface area contributed by atoms with E-state index in [0.717, 1.165) is 5.56 Å². The predicted octanol–water partition coefficient (Wildman–Crippen LogP) is 3.29. The largest absolute Gasteiger partial charge is 0.497 e. The molecule has 5 heteroatoms. The van der Waals surface area contributed by atoms with Gasteiger partial charge in [0.05, 0.1) is 13.7 Å². The zero-order valence-corrected chi connectivity index (χ0v) is 13.4. The summed E-state index contributed by atoms with van der Waals surface area (Å²) in [6, 6.07) is 13.6. The second-order valence-corrected chi connectivity index (χ2v) is 5.21. The maximum Gasteiger partial charge on any atom is 0.238 e. The Labute approximate surface area is 135 Å². The van der Waals surface area contributed by atoms with Crippen molar-refractivity contribution in [1.29, 1.82) is 0 Å². The molecule has 2 aromatic rings. The number of rotatable bonds is 7. The van der Waals surface area contributed by atoms with E-state index < -0.39 is 0 Å². The quantitative estimate of drug-likeness (QED) is 0.852. The maximum absolute atomic E-state index is 13.2. The van der Waals surface area contributed by atoms with Gasteiger partial charge in [-0.3, -0.25) is 9.69 Å². The van der Waals surface area contributed by atoms with Crippen molar-refractivity contribution in [2.24, 2.45) is 0 Å². The molecule has 0 aliphatic heterocycles. The monoisotopic (exact) mass is 316 g/mol. The molecule has 0 fully saturated rings. The number of likely N-dealkylation sites (N-methyl/N-ethyl adjacent to an activating group) is 1. The highest BCUT2D eigenvalue weighted by atomic mass is 19.1. The number of benzene rings is 2. The standard InChI is InChI=1S/C18H21FN2O2/c1-3-21(12-14-6-4-7-15(19)10-14)13-18(22)20-16-8-5-9-17(11-16)23-2/h4-11H,3,12-13H2,1-2H3,(H,20,22). The minimum atomic E-state index is -0.264. The van der Waals surface area contributed by atoms with Crippen molar-refractivity contribution < 1.29 is 13.9 Å². The third-order valence-electron chi connectivity index (χ3n) is 3.46. The highest BCUT2D eigenvalue weighted by Crippen LogP contribution is 2.16. The number of nitrogens with zero attached hydrogens (tertiary/aromatic N) is 1. The summed E-state index contributed by atoms with van der Waals surface area (Å²) in [6.07, 6.45) is 0. The van der Waals surface area contributed by atoms with E-state index in [-0.39, 0.29) is 18.3 Å². The predicted molar refractivity (Wildman–Crippen MR) is 89.0 cm³/mol. The second kappa shape index (κ2) is 8.29. The molecule has 2 rings (SSSR count). The van der Waals surface area contributed by atoms with Gasteiger partial charge in [0, 0.05) is 18.3 Å². The van der Waals surface area contributed by atoms with Gasteiger partial charge in [-0.25, -0.2) is 4.39 Å². The smallest absolute Gasteiger partial charge is 0.238 e. The van der Waals surface area contributed by atoms with Crippen LogP contribution in [0.2, 0.25) is 0 Å². The van der Waals surface area contributed by atoms with Crippen LogP contribution in [0, 0.1) is 5.82 Å². The van der Waals surface area contributed by atoms with Crippen molar-refractivity contribution in [2.45, 2.75) is 13.5 Å². The molecule has 0 saturated heterocycles. The Kier molecular flexibility index (Phi) is 6.11. The van der Waals surface area contributed by atoms with Crippen molar-refractivity contribution in [2.75, 3.05) is 25.5 Å². The van der Waals surface area contributed by atoms with Crippen LogP contribution in [0.3, 0.4) is 0 Å². The SMILES string of the molecule is CCN(CC(=O)Nc1cccc(OC)c1)Cc1cccc(F)c1. The molecule has 0 heterocycles. The Morgan fingerprint density at radius 2 is 2.00 bits per heavy atom. The number of nitrogens with one attached hydrogen (secondary N) is 1. The van der Waals surface area contributed by atoms with Crippen LogP contribution in [0.4, 0.5) is 10.1 Å². The zero-order valence-electron chi connectivity index (χ0n) is 13.4. The van der Waals surface area contributed by atoms with E-state index in [1.165, 1.54) is 12.1 Å².